The first-order valence-corrected chi connectivity index (χ1v) is 9.88. The molecule has 6 nitrogen and oxygen atoms in total. The Balaban J connectivity index is 1.34. The molecular formula is C18H22N4O2S. The van der Waals surface area contributed by atoms with Gasteiger partial charge in [-0.3, -0.25) is 4.79 Å². The van der Waals surface area contributed by atoms with E-state index in [2.05, 4.69) is 15.5 Å². The highest BCUT2D eigenvalue weighted by Crippen LogP contribution is 2.31. The van der Waals surface area contributed by atoms with Crippen LogP contribution >= 0.6 is 11.3 Å². The first-order valence-electron chi connectivity index (χ1n) is 9.06. The van der Waals surface area contributed by atoms with Gasteiger partial charge >= 0.3 is 0 Å². The number of hydrogen-bond acceptors (Lipinski definition) is 6. The van der Waals surface area contributed by atoms with Crippen molar-refractivity contribution in [2.45, 2.75) is 37.4 Å². The normalized spacial score (nSPS) is 28.6. The lowest BCUT2D eigenvalue weighted by molar-refractivity contribution is 0.0931. The molecule has 2 bridgehead atoms. The molecule has 0 saturated carbocycles. The molecule has 0 radical (unpaired) electrons. The molecule has 7 heteroatoms. The molecule has 2 aromatic rings. The van der Waals surface area contributed by atoms with Crippen LogP contribution in [0.5, 0.6) is 0 Å². The minimum Gasteiger partial charge on any atom is -0.378 e. The van der Waals surface area contributed by atoms with Gasteiger partial charge in [0.05, 0.1) is 23.4 Å². The number of benzene rings is 1. The zero-order chi connectivity index (χ0) is 16.8. The van der Waals surface area contributed by atoms with Crippen LogP contribution in [0, 0.1) is 0 Å². The zero-order valence-corrected chi connectivity index (χ0v) is 14.8. The van der Waals surface area contributed by atoms with E-state index in [1.165, 1.54) is 12.8 Å². The first-order chi connectivity index (χ1) is 12.3. The lowest BCUT2D eigenvalue weighted by Crippen LogP contribution is -2.42. The van der Waals surface area contributed by atoms with Gasteiger partial charge in [-0.15, -0.1) is 0 Å². The zero-order valence-electron chi connectivity index (χ0n) is 14.0. The SMILES string of the molecule is O=C(N[C@@H]1C[C@H]2CC[C@@H]1N2)c1ccc2nc(N3CCOCC3)sc2c1. The van der Waals surface area contributed by atoms with Crippen molar-refractivity contribution in [1.82, 2.24) is 15.6 Å². The molecule has 3 aliphatic heterocycles. The van der Waals surface area contributed by atoms with E-state index < -0.39 is 0 Å². The number of fused-ring (bicyclic) bond motifs is 3. The van der Waals surface area contributed by atoms with Crippen LogP contribution in [0.3, 0.4) is 0 Å². The Kier molecular flexibility index (Phi) is 3.87. The van der Waals surface area contributed by atoms with Crippen molar-refractivity contribution in [2.24, 2.45) is 0 Å². The van der Waals surface area contributed by atoms with Gasteiger partial charge in [-0.2, -0.15) is 0 Å². The van der Waals surface area contributed by atoms with Crippen LogP contribution in [-0.4, -0.2) is 55.3 Å². The van der Waals surface area contributed by atoms with Gasteiger partial charge in [0.15, 0.2) is 5.13 Å². The van der Waals surface area contributed by atoms with Crippen LogP contribution in [0.25, 0.3) is 10.2 Å². The molecular weight excluding hydrogens is 336 g/mol. The van der Waals surface area contributed by atoms with Crippen molar-refractivity contribution in [3.8, 4) is 0 Å². The summed E-state index contributed by atoms with van der Waals surface area (Å²) in [6, 6.07) is 7.15. The Morgan fingerprint density at radius 1 is 1.32 bits per heavy atom. The number of anilines is 1. The number of aromatic nitrogens is 1. The van der Waals surface area contributed by atoms with E-state index in [0.29, 0.717) is 12.1 Å². The molecule has 0 aliphatic carbocycles. The second kappa shape index (κ2) is 6.23. The van der Waals surface area contributed by atoms with Crippen molar-refractivity contribution >= 4 is 32.6 Å². The molecule has 1 amide bonds. The summed E-state index contributed by atoms with van der Waals surface area (Å²) in [5.74, 6) is 0.0302. The fraction of sp³-hybridized carbons (Fsp3) is 0.556. The molecule has 1 aromatic carbocycles. The number of amides is 1. The maximum Gasteiger partial charge on any atom is 0.251 e. The Hall–Kier alpha value is -1.70. The predicted octanol–water partition coefficient (Wildman–Crippen LogP) is 1.76. The fourth-order valence-corrected chi connectivity index (χ4v) is 5.24. The molecule has 3 atom stereocenters. The number of hydrogen-bond donors (Lipinski definition) is 2. The van der Waals surface area contributed by atoms with Gasteiger partial charge in [0.1, 0.15) is 0 Å². The summed E-state index contributed by atoms with van der Waals surface area (Å²) in [7, 11) is 0. The molecule has 3 aliphatic rings. The van der Waals surface area contributed by atoms with Gasteiger partial charge in [0.2, 0.25) is 0 Å². The Bertz CT molecular complexity index is 801. The van der Waals surface area contributed by atoms with Gasteiger partial charge in [-0.1, -0.05) is 11.3 Å². The van der Waals surface area contributed by atoms with E-state index in [9.17, 15) is 4.79 Å². The van der Waals surface area contributed by atoms with E-state index in [0.717, 1.165) is 53.6 Å². The predicted molar refractivity (Wildman–Crippen MR) is 98.5 cm³/mol. The van der Waals surface area contributed by atoms with Crippen LogP contribution in [0.15, 0.2) is 18.2 Å². The quantitative estimate of drug-likeness (QED) is 0.875. The maximum absolute atomic E-state index is 12.6. The average molecular weight is 358 g/mol. The Labute approximate surface area is 150 Å². The van der Waals surface area contributed by atoms with Gasteiger partial charge in [-0.05, 0) is 37.5 Å². The monoisotopic (exact) mass is 358 g/mol. The Morgan fingerprint density at radius 2 is 2.20 bits per heavy atom. The number of ether oxygens (including phenoxy) is 1. The number of nitrogens with zero attached hydrogens (tertiary/aromatic N) is 2. The lowest BCUT2D eigenvalue weighted by atomic mass is 9.95. The number of carbonyl (C=O) groups is 1. The molecule has 132 valence electrons. The van der Waals surface area contributed by atoms with E-state index in [1.54, 1.807) is 11.3 Å². The summed E-state index contributed by atoms with van der Waals surface area (Å²) in [5.41, 5.74) is 1.69. The average Bonchev–Trinajstić information content (AvgIpc) is 3.36. The highest BCUT2D eigenvalue weighted by atomic mass is 32.1. The molecule has 0 spiro atoms. The van der Waals surface area contributed by atoms with Crippen LogP contribution in [0.4, 0.5) is 5.13 Å². The third kappa shape index (κ3) is 2.90. The summed E-state index contributed by atoms with van der Waals surface area (Å²) in [6.07, 6.45) is 3.47. The molecule has 3 saturated heterocycles. The molecule has 3 fully saturated rings. The lowest BCUT2D eigenvalue weighted by Gasteiger charge is -2.25. The minimum absolute atomic E-state index is 0.0302. The van der Waals surface area contributed by atoms with Crippen LogP contribution in [0.1, 0.15) is 29.6 Å². The third-order valence-electron chi connectivity index (χ3n) is 5.54. The minimum atomic E-state index is 0.0302. The molecule has 1 aromatic heterocycles. The topological polar surface area (TPSA) is 66.5 Å². The van der Waals surface area contributed by atoms with Gasteiger partial charge < -0.3 is 20.3 Å². The smallest absolute Gasteiger partial charge is 0.251 e. The van der Waals surface area contributed by atoms with E-state index in [-0.39, 0.29) is 11.9 Å². The van der Waals surface area contributed by atoms with E-state index in [4.69, 9.17) is 9.72 Å². The maximum atomic E-state index is 12.6. The highest BCUT2D eigenvalue weighted by molar-refractivity contribution is 7.22. The fourth-order valence-electron chi connectivity index (χ4n) is 4.18. The summed E-state index contributed by atoms with van der Waals surface area (Å²) < 4.78 is 6.48. The first kappa shape index (κ1) is 15.5. The largest absolute Gasteiger partial charge is 0.378 e. The highest BCUT2D eigenvalue weighted by Gasteiger charge is 2.39. The summed E-state index contributed by atoms with van der Waals surface area (Å²) >= 11 is 1.66. The van der Waals surface area contributed by atoms with Crippen molar-refractivity contribution in [1.29, 1.82) is 0 Å². The number of rotatable bonds is 3. The van der Waals surface area contributed by atoms with E-state index in [1.807, 2.05) is 18.2 Å². The number of thiazole rings is 1. The van der Waals surface area contributed by atoms with Crippen molar-refractivity contribution in [3.63, 3.8) is 0 Å². The summed E-state index contributed by atoms with van der Waals surface area (Å²) in [6.45, 7) is 3.26. The van der Waals surface area contributed by atoms with Gasteiger partial charge in [-0.25, -0.2) is 4.98 Å². The number of nitrogens with one attached hydrogen (secondary N) is 2. The molecule has 5 rings (SSSR count). The Morgan fingerprint density at radius 3 is 2.96 bits per heavy atom. The van der Waals surface area contributed by atoms with Gasteiger partial charge in [0, 0.05) is 36.8 Å². The molecule has 2 N–H and O–H groups in total. The summed E-state index contributed by atoms with van der Waals surface area (Å²) in [4.78, 5) is 19.6. The standard InChI is InChI=1S/C18H22N4O2S/c23-17(20-15-10-12-2-4-13(15)19-12)11-1-3-14-16(9-11)25-18(21-14)22-5-7-24-8-6-22/h1,3,9,12-13,15,19H,2,4-8,10H2,(H,20,23)/t12-,13+,15-/m1/s1. The van der Waals surface area contributed by atoms with Gasteiger partial charge in [0.25, 0.3) is 5.91 Å². The van der Waals surface area contributed by atoms with Crippen LogP contribution in [0.2, 0.25) is 0 Å². The second-order valence-corrected chi connectivity index (χ2v) is 8.15. The third-order valence-corrected chi connectivity index (χ3v) is 6.62. The van der Waals surface area contributed by atoms with Crippen molar-refractivity contribution in [3.05, 3.63) is 23.8 Å². The van der Waals surface area contributed by atoms with Crippen LogP contribution < -0.4 is 15.5 Å². The van der Waals surface area contributed by atoms with Crippen LogP contribution in [-0.2, 0) is 4.74 Å². The second-order valence-electron chi connectivity index (χ2n) is 7.14. The molecule has 25 heavy (non-hydrogen) atoms. The molecule has 0 unspecified atom stereocenters. The van der Waals surface area contributed by atoms with E-state index >= 15 is 0 Å². The summed E-state index contributed by atoms with van der Waals surface area (Å²) in [5, 5.41) is 7.80. The van der Waals surface area contributed by atoms with Crippen molar-refractivity contribution < 1.29 is 9.53 Å². The molecule has 4 heterocycles. The number of carbonyl (C=O) groups excluding carboxylic acids is 1. The number of morpholine rings is 1. The van der Waals surface area contributed by atoms with Crippen molar-refractivity contribution in [2.75, 3.05) is 31.2 Å².